The lowest BCUT2D eigenvalue weighted by molar-refractivity contribution is -0.123. The Hall–Kier alpha value is -2.67. The minimum atomic E-state index is -0.250. The van der Waals surface area contributed by atoms with Gasteiger partial charge in [0.2, 0.25) is 5.91 Å². The van der Waals surface area contributed by atoms with Crippen LogP contribution >= 0.6 is 0 Å². The molecular weight excluding hydrogens is 322 g/mol. The molecule has 1 aromatic carbocycles. The third-order valence-electron chi connectivity index (χ3n) is 4.81. The van der Waals surface area contributed by atoms with E-state index in [1.54, 1.807) is 0 Å². The van der Waals surface area contributed by atoms with E-state index in [2.05, 4.69) is 23.2 Å². The smallest absolute Gasteiger partial charge is 0.290 e. The number of nitrogens with one attached hydrogen (secondary N) is 1. The summed E-state index contributed by atoms with van der Waals surface area (Å²) in [5.74, 6) is 1.36. The second kappa shape index (κ2) is 7.06. The molecule has 2 aliphatic heterocycles. The molecule has 1 aromatic heterocycles. The number of aryl methyl sites for hydroxylation is 1. The van der Waals surface area contributed by atoms with Crippen LogP contribution in [0.25, 0.3) is 10.9 Å². The molecule has 1 amide bonds. The number of pyridine rings is 1. The Balaban J connectivity index is 0.000000569. The number of aliphatic hydroxyl groups excluding tert-OH is 1. The Morgan fingerprint density at radius 3 is 2.84 bits per heavy atom. The fraction of sp³-hybridized carbons (Fsp3) is 0.389. The van der Waals surface area contributed by atoms with Crippen molar-refractivity contribution in [2.45, 2.75) is 26.0 Å². The lowest BCUT2D eigenvalue weighted by Crippen LogP contribution is -2.33. The number of nitrogens with zero attached hydrogens (tertiary/aromatic N) is 2. The minimum Gasteiger partial charge on any atom is -0.483 e. The Morgan fingerprint density at radius 2 is 2.16 bits per heavy atom. The number of aromatic nitrogens is 1. The summed E-state index contributed by atoms with van der Waals surface area (Å²) >= 11 is 0. The van der Waals surface area contributed by atoms with E-state index in [0.29, 0.717) is 12.3 Å². The van der Waals surface area contributed by atoms with Crippen LogP contribution in [0.4, 0.5) is 5.82 Å². The largest absolute Gasteiger partial charge is 0.483 e. The lowest BCUT2D eigenvalue weighted by atomic mass is 10.1. The highest BCUT2D eigenvalue weighted by atomic mass is 16.3. The molecule has 2 aliphatic rings. The van der Waals surface area contributed by atoms with E-state index in [-0.39, 0.29) is 25.0 Å². The van der Waals surface area contributed by atoms with Gasteiger partial charge in [-0.1, -0.05) is 18.2 Å². The summed E-state index contributed by atoms with van der Waals surface area (Å²) in [7, 11) is 0. The molecule has 0 bridgehead atoms. The fourth-order valence-electron chi connectivity index (χ4n) is 3.69. The van der Waals surface area contributed by atoms with Crippen molar-refractivity contribution < 1.29 is 19.8 Å². The predicted molar refractivity (Wildman–Crippen MR) is 93.3 cm³/mol. The Labute approximate surface area is 145 Å². The van der Waals surface area contributed by atoms with Crippen LogP contribution in [0.2, 0.25) is 0 Å². The molecule has 0 radical (unpaired) electrons. The van der Waals surface area contributed by atoms with Crippen molar-refractivity contribution >= 4 is 29.1 Å². The van der Waals surface area contributed by atoms with Crippen molar-refractivity contribution in [2.24, 2.45) is 5.92 Å². The third kappa shape index (κ3) is 3.28. The number of hydrogen-bond acceptors (Lipinski definition) is 5. The molecule has 0 saturated carbocycles. The van der Waals surface area contributed by atoms with Crippen LogP contribution in [0.15, 0.2) is 24.3 Å². The van der Waals surface area contributed by atoms with Crippen molar-refractivity contribution in [3.8, 4) is 0 Å². The number of benzene rings is 1. The molecule has 25 heavy (non-hydrogen) atoms. The van der Waals surface area contributed by atoms with Crippen LogP contribution in [0, 0.1) is 12.8 Å². The van der Waals surface area contributed by atoms with Gasteiger partial charge in [0.1, 0.15) is 5.82 Å². The summed E-state index contributed by atoms with van der Waals surface area (Å²) in [5, 5.41) is 20.7. The van der Waals surface area contributed by atoms with Crippen LogP contribution < -0.4 is 10.2 Å². The number of amides is 1. The molecule has 2 atom stereocenters. The maximum atomic E-state index is 11.5. The summed E-state index contributed by atoms with van der Waals surface area (Å²) in [5.41, 5.74) is 2.97. The fourth-order valence-corrected chi connectivity index (χ4v) is 3.69. The van der Waals surface area contributed by atoms with Crippen molar-refractivity contribution in [3.63, 3.8) is 0 Å². The van der Waals surface area contributed by atoms with Gasteiger partial charge >= 0.3 is 0 Å². The number of fused-ring (bicyclic) bond motifs is 2. The van der Waals surface area contributed by atoms with Crippen molar-refractivity contribution in [1.29, 1.82) is 0 Å². The number of aliphatic hydroxyl groups is 1. The van der Waals surface area contributed by atoms with E-state index >= 15 is 0 Å². The number of hydrogen-bond donors (Lipinski definition) is 3. The summed E-state index contributed by atoms with van der Waals surface area (Å²) in [4.78, 5) is 26.8. The zero-order valence-electron chi connectivity index (χ0n) is 14.0. The third-order valence-corrected chi connectivity index (χ3v) is 4.81. The second-order valence-electron chi connectivity index (χ2n) is 6.42. The average Bonchev–Trinajstić information content (AvgIpc) is 3.12. The number of carbonyl (C=O) groups is 2. The first-order chi connectivity index (χ1) is 12.1. The van der Waals surface area contributed by atoms with Crippen molar-refractivity contribution in [2.75, 3.05) is 18.0 Å². The van der Waals surface area contributed by atoms with E-state index in [1.165, 1.54) is 0 Å². The maximum Gasteiger partial charge on any atom is 0.290 e. The van der Waals surface area contributed by atoms with Gasteiger partial charge in [0.15, 0.2) is 0 Å². The van der Waals surface area contributed by atoms with Gasteiger partial charge in [0, 0.05) is 36.4 Å². The summed E-state index contributed by atoms with van der Waals surface area (Å²) in [6.07, 6.45) is 0.599. The summed E-state index contributed by atoms with van der Waals surface area (Å²) in [6.45, 7) is 3.37. The Kier molecular flexibility index (Phi) is 4.85. The van der Waals surface area contributed by atoms with Crippen LogP contribution in [0.3, 0.4) is 0 Å². The summed E-state index contributed by atoms with van der Waals surface area (Å²) < 4.78 is 0. The molecule has 3 N–H and O–H groups in total. The standard InChI is InChI=1S/C17H19N3O2.CH2O2/c1-10-3-2-4-11-5-13(9-21)17(19-16(10)11)20-7-12-6-15(22)18-14(12)8-20;2-1-3/h2-5,12,14,21H,6-9H2,1H3,(H,18,22);1H,(H,2,3)/t12-,14+;/m0./s1. The monoisotopic (exact) mass is 343 g/mol. The Bertz CT molecular complexity index is 792. The van der Waals surface area contributed by atoms with Crippen molar-refractivity contribution in [1.82, 2.24) is 10.3 Å². The van der Waals surface area contributed by atoms with Crippen LogP contribution in [0.5, 0.6) is 0 Å². The van der Waals surface area contributed by atoms with E-state index in [9.17, 15) is 9.90 Å². The minimum absolute atomic E-state index is 0.0234. The van der Waals surface area contributed by atoms with Crippen molar-refractivity contribution in [3.05, 3.63) is 35.4 Å². The highest BCUT2D eigenvalue weighted by molar-refractivity contribution is 5.85. The molecule has 3 heterocycles. The Morgan fingerprint density at radius 1 is 1.40 bits per heavy atom. The van der Waals surface area contributed by atoms with Gasteiger partial charge < -0.3 is 20.4 Å². The highest BCUT2D eigenvalue weighted by Gasteiger charge is 2.40. The van der Waals surface area contributed by atoms with E-state index in [1.807, 2.05) is 18.2 Å². The predicted octanol–water partition coefficient (Wildman–Crippen LogP) is 1.06. The van der Waals surface area contributed by atoms with Gasteiger partial charge in [-0.2, -0.15) is 0 Å². The van der Waals surface area contributed by atoms with Gasteiger partial charge in [0.25, 0.3) is 6.47 Å². The molecule has 0 aliphatic carbocycles. The van der Waals surface area contributed by atoms with Crippen LogP contribution in [-0.2, 0) is 16.2 Å². The van der Waals surface area contributed by atoms with Crippen LogP contribution in [0.1, 0.15) is 17.5 Å². The topological polar surface area (TPSA) is 103 Å². The first-order valence-corrected chi connectivity index (χ1v) is 8.19. The molecular formula is C18H21N3O4. The average molecular weight is 343 g/mol. The zero-order valence-corrected chi connectivity index (χ0v) is 14.0. The molecule has 2 fully saturated rings. The molecule has 0 spiro atoms. The maximum absolute atomic E-state index is 11.5. The van der Waals surface area contributed by atoms with Gasteiger partial charge in [-0.25, -0.2) is 4.98 Å². The highest BCUT2D eigenvalue weighted by Crippen LogP contribution is 2.32. The number of anilines is 1. The summed E-state index contributed by atoms with van der Waals surface area (Å²) in [6, 6.07) is 8.33. The van der Waals surface area contributed by atoms with Gasteiger partial charge in [-0.15, -0.1) is 0 Å². The van der Waals surface area contributed by atoms with Gasteiger partial charge in [0.05, 0.1) is 18.2 Å². The lowest BCUT2D eigenvalue weighted by Gasteiger charge is -2.22. The number of para-hydroxylation sites is 1. The normalized spacial score (nSPS) is 21.5. The van der Waals surface area contributed by atoms with E-state index in [0.717, 1.165) is 40.9 Å². The van der Waals surface area contributed by atoms with E-state index < -0.39 is 0 Å². The molecule has 0 unspecified atom stereocenters. The van der Waals surface area contributed by atoms with Gasteiger partial charge in [-0.05, 0) is 18.6 Å². The first kappa shape index (κ1) is 17.2. The second-order valence-corrected chi connectivity index (χ2v) is 6.42. The van der Waals surface area contributed by atoms with E-state index in [4.69, 9.17) is 14.9 Å². The molecule has 132 valence electrons. The molecule has 7 heteroatoms. The first-order valence-electron chi connectivity index (χ1n) is 8.19. The van der Waals surface area contributed by atoms with Crippen LogP contribution in [-0.4, -0.2) is 46.7 Å². The molecule has 4 rings (SSSR count). The molecule has 2 aromatic rings. The number of carboxylic acid groups (broad SMARTS) is 1. The number of rotatable bonds is 2. The van der Waals surface area contributed by atoms with Gasteiger partial charge in [-0.3, -0.25) is 9.59 Å². The number of carbonyl (C=O) groups excluding carboxylic acids is 1. The zero-order chi connectivity index (χ0) is 18.0. The SMILES string of the molecule is Cc1cccc2cc(CO)c(N3C[C@@H]4CC(=O)N[C@@H]4C3)nc12.O=CO. The molecule has 2 saturated heterocycles. The quantitative estimate of drug-likeness (QED) is 0.705. The molecule has 7 nitrogen and oxygen atoms in total.